The Morgan fingerprint density at radius 3 is 2.94 bits per heavy atom. The molecule has 0 radical (unpaired) electrons. The Kier molecular flexibility index (Phi) is 3.22. The van der Waals surface area contributed by atoms with Crippen LogP contribution >= 0.6 is 11.6 Å². The highest BCUT2D eigenvalue weighted by Crippen LogP contribution is 2.24. The number of aldehydes is 1. The van der Waals surface area contributed by atoms with Gasteiger partial charge in [-0.2, -0.15) is 0 Å². The van der Waals surface area contributed by atoms with E-state index in [1.54, 1.807) is 7.05 Å². The molecule has 0 aliphatic heterocycles. The predicted molar refractivity (Wildman–Crippen MR) is 70.5 cm³/mol. The Bertz CT molecular complexity index is 549. The van der Waals surface area contributed by atoms with E-state index in [2.05, 4.69) is 10.3 Å². The van der Waals surface area contributed by atoms with Crippen LogP contribution in [0.3, 0.4) is 0 Å². The molecule has 1 heterocycles. The van der Waals surface area contributed by atoms with Crippen LogP contribution in [0.5, 0.6) is 0 Å². The maximum absolute atomic E-state index is 11.1. The van der Waals surface area contributed by atoms with Crippen molar-refractivity contribution in [1.29, 1.82) is 0 Å². The predicted octanol–water partition coefficient (Wildman–Crippen LogP) is 2.54. The second-order valence-corrected chi connectivity index (χ2v) is 4.90. The molecule has 2 N–H and O–H groups in total. The second kappa shape index (κ2) is 4.51. The molecule has 3 nitrogen and oxygen atoms in total. The van der Waals surface area contributed by atoms with E-state index >= 15 is 0 Å². The fourth-order valence-electron chi connectivity index (χ4n) is 1.89. The van der Waals surface area contributed by atoms with Gasteiger partial charge in [-0.3, -0.25) is 0 Å². The van der Waals surface area contributed by atoms with Crippen molar-refractivity contribution >= 4 is 28.8 Å². The lowest BCUT2D eigenvalue weighted by atomic mass is 9.94. The molecule has 1 atom stereocenters. The summed E-state index contributed by atoms with van der Waals surface area (Å²) < 4.78 is 0. The van der Waals surface area contributed by atoms with E-state index in [1.165, 1.54) is 0 Å². The van der Waals surface area contributed by atoms with Gasteiger partial charge in [-0.15, -0.1) is 0 Å². The number of likely N-dealkylation sites (N-methyl/N-ethyl adjacent to an activating group) is 1. The number of carbonyl (C=O) groups is 1. The lowest BCUT2D eigenvalue weighted by Gasteiger charge is -2.21. The lowest BCUT2D eigenvalue weighted by molar-refractivity contribution is -0.112. The molecular formula is C13H15ClN2O. The summed E-state index contributed by atoms with van der Waals surface area (Å²) in [4.78, 5) is 14.3. The number of halogens is 1. The summed E-state index contributed by atoms with van der Waals surface area (Å²) in [5.41, 5.74) is 1.58. The van der Waals surface area contributed by atoms with Crippen LogP contribution in [0.1, 0.15) is 12.5 Å². The third-order valence-electron chi connectivity index (χ3n) is 3.12. The SMILES string of the molecule is CN[C@](C)(C=O)Cc1c[nH]c2cc(Cl)ccc12. The number of fused-ring (bicyclic) bond motifs is 1. The quantitative estimate of drug-likeness (QED) is 0.819. The minimum absolute atomic E-state index is 0.533. The molecule has 0 unspecified atom stereocenters. The molecule has 0 spiro atoms. The number of hydrogen-bond acceptors (Lipinski definition) is 2. The summed E-state index contributed by atoms with van der Waals surface area (Å²) >= 11 is 5.93. The van der Waals surface area contributed by atoms with E-state index in [0.29, 0.717) is 11.4 Å². The summed E-state index contributed by atoms with van der Waals surface area (Å²) in [5, 5.41) is 4.85. The number of hydrogen-bond donors (Lipinski definition) is 2. The molecule has 2 aromatic rings. The third-order valence-corrected chi connectivity index (χ3v) is 3.35. The monoisotopic (exact) mass is 250 g/mol. The average molecular weight is 251 g/mol. The summed E-state index contributed by atoms with van der Waals surface area (Å²) in [7, 11) is 1.79. The van der Waals surface area contributed by atoms with Gasteiger partial charge in [-0.05, 0) is 38.1 Å². The van der Waals surface area contributed by atoms with Crippen molar-refractivity contribution in [2.24, 2.45) is 0 Å². The highest BCUT2D eigenvalue weighted by molar-refractivity contribution is 6.31. The molecule has 4 heteroatoms. The van der Waals surface area contributed by atoms with Gasteiger partial charge in [-0.1, -0.05) is 17.7 Å². The Labute approximate surface area is 105 Å². The zero-order valence-corrected chi connectivity index (χ0v) is 10.6. The standard InChI is InChI=1S/C13H15ClN2O/c1-13(8-17,15-2)6-9-7-16-12-5-10(14)3-4-11(9)12/h3-5,7-8,15-16H,6H2,1-2H3/t13-/m0/s1. The van der Waals surface area contributed by atoms with Crippen molar-refractivity contribution < 1.29 is 4.79 Å². The van der Waals surface area contributed by atoms with E-state index in [0.717, 1.165) is 22.8 Å². The van der Waals surface area contributed by atoms with Crippen molar-refractivity contribution in [3.8, 4) is 0 Å². The molecule has 0 saturated heterocycles. The minimum Gasteiger partial charge on any atom is -0.361 e. The van der Waals surface area contributed by atoms with Crippen molar-refractivity contribution in [3.05, 3.63) is 35.0 Å². The second-order valence-electron chi connectivity index (χ2n) is 4.47. The van der Waals surface area contributed by atoms with Gasteiger partial charge in [0.1, 0.15) is 6.29 Å². The first-order valence-corrected chi connectivity index (χ1v) is 5.86. The molecule has 0 amide bonds. The van der Waals surface area contributed by atoms with Crippen LogP contribution in [0.4, 0.5) is 0 Å². The highest BCUT2D eigenvalue weighted by atomic mass is 35.5. The van der Waals surface area contributed by atoms with Crippen molar-refractivity contribution in [1.82, 2.24) is 10.3 Å². The highest BCUT2D eigenvalue weighted by Gasteiger charge is 2.22. The van der Waals surface area contributed by atoms with Crippen LogP contribution in [0.15, 0.2) is 24.4 Å². The molecule has 17 heavy (non-hydrogen) atoms. The van der Waals surface area contributed by atoms with Gasteiger partial charge in [0.25, 0.3) is 0 Å². The molecule has 0 bridgehead atoms. The molecule has 1 aromatic carbocycles. The van der Waals surface area contributed by atoms with E-state index in [9.17, 15) is 4.79 Å². The molecular weight excluding hydrogens is 236 g/mol. The first-order valence-electron chi connectivity index (χ1n) is 5.49. The number of H-pyrrole nitrogens is 1. The Hall–Kier alpha value is -1.32. The summed E-state index contributed by atoms with van der Waals surface area (Å²) in [5.74, 6) is 0. The smallest absolute Gasteiger partial charge is 0.140 e. The van der Waals surface area contributed by atoms with Crippen molar-refractivity contribution in [3.63, 3.8) is 0 Å². The minimum atomic E-state index is -0.533. The topological polar surface area (TPSA) is 44.9 Å². The van der Waals surface area contributed by atoms with Gasteiger partial charge in [0.05, 0.1) is 5.54 Å². The molecule has 90 valence electrons. The maximum Gasteiger partial charge on any atom is 0.140 e. The fraction of sp³-hybridized carbons (Fsp3) is 0.308. The van der Waals surface area contributed by atoms with Crippen molar-refractivity contribution in [2.45, 2.75) is 18.9 Å². The number of nitrogens with one attached hydrogen (secondary N) is 2. The maximum atomic E-state index is 11.1. The largest absolute Gasteiger partial charge is 0.361 e. The van der Waals surface area contributed by atoms with Gasteiger partial charge < -0.3 is 15.1 Å². The van der Waals surface area contributed by atoms with E-state index in [4.69, 9.17) is 11.6 Å². The fourth-order valence-corrected chi connectivity index (χ4v) is 2.06. The molecule has 0 aliphatic carbocycles. The van der Waals surface area contributed by atoms with Crippen LogP contribution < -0.4 is 5.32 Å². The Balaban J connectivity index is 2.40. The van der Waals surface area contributed by atoms with Crippen LogP contribution in [0.25, 0.3) is 10.9 Å². The Morgan fingerprint density at radius 2 is 2.29 bits per heavy atom. The molecule has 1 aromatic heterocycles. The number of carbonyl (C=O) groups excluding carboxylic acids is 1. The van der Waals surface area contributed by atoms with Crippen LogP contribution in [0, 0.1) is 0 Å². The lowest BCUT2D eigenvalue weighted by Crippen LogP contribution is -2.43. The average Bonchev–Trinajstić information content (AvgIpc) is 2.71. The van der Waals surface area contributed by atoms with Crippen LogP contribution in [0.2, 0.25) is 5.02 Å². The summed E-state index contributed by atoms with van der Waals surface area (Å²) in [6.07, 6.45) is 3.52. The van der Waals surface area contributed by atoms with Crippen molar-refractivity contribution in [2.75, 3.05) is 7.05 Å². The molecule has 2 rings (SSSR count). The third kappa shape index (κ3) is 2.35. The van der Waals surface area contributed by atoms with E-state index < -0.39 is 5.54 Å². The first kappa shape index (κ1) is 12.1. The number of rotatable bonds is 4. The molecule has 0 saturated carbocycles. The molecule has 0 aliphatic rings. The van der Waals surface area contributed by atoms with Gasteiger partial charge in [0, 0.05) is 22.1 Å². The number of aromatic nitrogens is 1. The number of aromatic amines is 1. The first-order chi connectivity index (χ1) is 8.08. The normalized spacial score (nSPS) is 14.8. The summed E-state index contributed by atoms with van der Waals surface area (Å²) in [6.45, 7) is 1.88. The van der Waals surface area contributed by atoms with E-state index in [-0.39, 0.29) is 0 Å². The van der Waals surface area contributed by atoms with Gasteiger partial charge in [0.15, 0.2) is 0 Å². The van der Waals surface area contributed by atoms with Gasteiger partial charge in [0.2, 0.25) is 0 Å². The van der Waals surface area contributed by atoms with Crippen LogP contribution in [-0.2, 0) is 11.2 Å². The zero-order chi connectivity index (χ0) is 12.5. The molecule has 0 fully saturated rings. The van der Waals surface area contributed by atoms with Gasteiger partial charge >= 0.3 is 0 Å². The Morgan fingerprint density at radius 1 is 1.53 bits per heavy atom. The summed E-state index contributed by atoms with van der Waals surface area (Å²) in [6, 6.07) is 5.72. The zero-order valence-electron chi connectivity index (χ0n) is 9.88. The van der Waals surface area contributed by atoms with Crippen LogP contribution in [-0.4, -0.2) is 23.9 Å². The number of benzene rings is 1. The van der Waals surface area contributed by atoms with E-state index in [1.807, 2.05) is 31.3 Å². The van der Waals surface area contributed by atoms with Gasteiger partial charge in [-0.25, -0.2) is 0 Å².